The lowest BCUT2D eigenvalue weighted by atomic mass is 10.0. The van der Waals surface area contributed by atoms with Crippen molar-refractivity contribution in [3.05, 3.63) is 54.4 Å². The molecule has 0 bridgehead atoms. The third-order valence-corrected chi connectivity index (χ3v) is 4.49. The lowest BCUT2D eigenvalue weighted by molar-refractivity contribution is -0.121. The van der Waals surface area contributed by atoms with Crippen molar-refractivity contribution in [1.82, 2.24) is 10.3 Å². The lowest BCUT2D eigenvalue weighted by Gasteiger charge is -2.25. The molecular weight excluding hydrogens is 282 g/mol. The van der Waals surface area contributed by atoms with Gasteiger partial charge in [-0.1, -0.05) is 6.07 Å². The summed E-state index contributed by atoms with van der Waals surface area (Å²) in [5.41, 5.74) is 2.06. The van der Waals surface area contributed by atoms with E-state index in [4.69, 9.17) is 0 Å². The van der Waals surface area contributed by atoms with Gasteiger partial charge in [-0.05, 0) is 35.9 Å². The Kier molecular flexibility index (Phi) is 4.52. The van der Waals surface area contributed by atoms with Gasteiger partial charge in [-0.25, -0.2) is 0 Å². The number of rotatable bonds is 5. The van der Waals surface area contributed by atoms with E-state index in [-0.39, 0.29) is 11.8 Å². The molecule has 0 atom stereocenters. The fourth-order valence-electron chi connectivity index (χ4n) is 2.00. The number of pyridine rings is 1. The standard InChI is InChI=1S/C16H17N3OS/c20-16(13-9-18-10-13)19-14-3-5-15(6-4-14)21-11-12-2-1-7-17-8-12/h1-8,13,18H,9-11H2,(H,19,20). The summed E-state index contributed by atoms with van der Waals surface area (Å²) in [6, 6.07) is 12.0. The smallest absolute Gasteiger partial charge is 0.230 e. The van der Waals surface area contributed by atoms with E-state index < -0.39 is 0 Å². The Morgan fingerprint density at radius 3 is 2.71 bits per heavy atom. The number of benzene rings is 1. The van der Waals surface area contributed by atoms with Crippen LogP contribution in [0.15, 0.2) is 53.7 Å². The largest absolute Gasteiger partial charge is 0.326 e. The summed E-state index contributed by atoms with van der Waals surface area (Å²) in [5.74, 6) is 1.11. The molecule has 3 rings (SSSR count). The number of anilines is 1. The van der Waals surface area contributed by atoms with Crippen LogP contribution in [0.3, 0.4) is 0 Å². The van der Waals surface area contributed by atoms with Gasteiger partial charge >= 0.3 is 0 Å². The molecule has 1 amide bonds. The van der Waals surface area contributed by atoms with E-state index in [1.54, 1.807) is 18.0 Å². The summed E-state index contributed by atoms with van der Waals surface area (Å²) in [7, 11) is 0. The summed E-state index contributed by atoms with van der Waals surface area (Å²) in [4.78, 5) is 17.1. The zero-order chi connectivity index (χ0) is 14.5. The molecule has 0 saturated carbocycles. The summed E-state index contributed by atoms with van der Waals surface area (Å²) in [5, 5.41) is 6.05. The maximum absolute atomic E-state index is 11.8. The molecule has 2 aromatic rings. The molecule has 1 aliphatic rings. The van der Waals surface area contributed by atoms with E-state index in [9.17, 15) is 4.79 Å². The summed E-state index contributed by atoms with van der Waals surface area (Å²) < 4.78 is 0. The number of hydrogen-bond acceptors (Lipinski definition) is 4. The Morgan fingerprint density at radius 2 is 2.10 bits per heavy atom. The predicted octanol–water partition coefficient (Wildman–Crippen LogP) is 2.53. The number of amides is 1. The second-order valence-electron chi connectivity index (χ2n) is 5.02. The van der Waals surface area contributed by atoms with Crippen LogP contribution in [0.4, 0.5) is 5.69 Å². The molecule has 0 spiro atoms. The maximum atomic E-state index is 11.8. The highest BCUT2D eigenvalue weighted by Gasteiger charge is 2.24. The van der Waals surface area contributed by atoms with Crippen molar-refractivity contribution in [3.8, 4) is 0 Å². The van der Waals surface area contributed by atoms with Gasteiger partial charge in [0.15, 0.2) is 0 Å². The topological polar surface area (TPSA) is 54.0 Å². The second kappa shape index (κ2) is 6.74. The van der Waals surface area contributed by atoms with Gasteiger partial charge in [0.05, 0.1) is 5.92 Å². The monoisotopic (exact) mass is 299 g/mol. The van der Waals surface area contributed by atoms with Crippen molar-refractivity contribution in [2.24, 2.45) is 5.92 Å². The molecule has 0 unspecified atom stereocenters. The van der Waals surface area contributed by atoms with Gasteiger partial charge in [0, 0.05) is 41.8 Å². The Bertz CT molecular complexity index is 597. The highest BCUT2D eigenvalue weighted by atomic mass is 32.2. The van der Waals surface area contributed by atoms with Crippen LogP contribution in [0.5, 0.6) is 0 Å². The van der Waals surface area contributed by atoms with Gasteiger partial charge < -0.3 is 10.6 Å². The number of nitrogens with one attached hydrogen (secondary N) is 2. The molecular formula is C16H17N3OS. The first-order chi connectivity index (χ1) is 10.3. The van der Waals surface area contributed by atoms with Crippen LogP contribution >= 0.6 is 11.8 Å². The van der Waals surface area contributed by atoms with Crippen molar-refractivity contribution >= 4 is 23.4 Å². The summed E-state index contributed by atoms with van der Waals surface area (Å²) in [6.45, 7) is 1.57. The number of thioether (sulfide) groups is 1. The summed E-state index contributed by atoms with van der Waals surface area (Å²) in [6.07, 6.45) is 3.66. The van der Waals surface area contributed by atoms with Gasteiger partial charge in [0.1, 0.15) is 0 Å². The van der Waals surface area contributed by atoms with Crippen molar-refractivity contribution in [2.45, 2.75) is 10.6 Å². The van der Waals surface area contributed by atoms with Gasteiger partial charge in [-0.15, -0.1) is 11.8 Å². The van der Waals surface area contributed by atoms with E-state index in [1.807, 2.05) is 36.5 Å². The first-order valence-corrected chi connectivity index (χ1v) is 7.93. The Labute approximate surface area is 128 Å². The zero-order valence-corrected chi connectivity index (χ0v) is 12.4. The van der Waals surface area contributed by atoms with Gasteiger partial charge in [-0.2, -0.15) is 0 Å². The van der Waals surface area contributed by atoms with E-state index >= 15 is 0 Å². The molecule has 1 aliphatic heterocycles. The summed E-state index contributed by atoms with van der Waals surface area (Å²) >= 11 is 1.76. The number of carbonyl (C=O) groups excluding carboxylic acids is 1. The molecule has 0 aliphatic carbocycles. The number of aromatic nitrogens is 1. The molecule has 4 nitrogen and oxygen atoms in total. The quantitative estimate of drug-likeness (QED) is 0.833. The normalized spacial score (nSPS) is 14.5. The van der Waals surface area contributed by atoms with Gasteiger partial charge in [-0.3, -0.25) is 9.78 Å². The van der Waals surface area contributed by atoms with Crippen molar-refractivity contribution in [1.29, 1.82) is 0 Å². The molecule has 1 aromatic carbocycles. The second-order valence-corrected chi connectivity index (χ2v) is 6.07. The fraction of sp³-hybridized carbons (Fsp3) is 0.250. The predicted molar refractivity (Wildman–Crippen MR) is 85.2 cm³/mol. The number of carbonyl (C=O) groups is 1. The lowest BCUT2D eigenvalue weighted by Crippen LogP contribution is -2.48. The Balaban J connectivity index is 1.52. The molecule has 2 N–H and O–H groups in total. The molecule has 1 fully saturated rings. The molecule has 1 saturated heterocycles. The Hall–Kier alpha value is -1.85. The maximum Gasteiger partial charge on any atom is 0.230 e. The number of hydrogen-bond donors (Lipinski definition) is 2. The van der Waals surface area contributed by atoms with Crippen LogP contribution in [0, 0.1) is 5.92 Å². The Morgan fingerprint density at radius 1 is 1.29 bits per heavy atom. The van der Waals surface area contributed by atoms with Crippen LogP contribution < -0.4 is 10.6 Å². The average Bonchev–Trinajstić information content (AvgIpc) is 2.46. The van der Waals surface area contributed by atoms with Crippen LogP contribution in [0.2, 0.25) is 0 Å². The fourth-order valence-corrected chi connectivity index (χ4v) is 2.84. The first kappa shape index (κ1) is 14.1. The number of nitrogens with zero attached hydrogens (tertiary/aromatic N) is 1. The molecule has 5 heteroatoms. The van der Waals surface area contributed by atoms with E-state index in [0.717, 1.165) is 24.5 Å². The zero-order valence-electron chi connectivity index (χ0n) is 11.6. The van der Waals surface area contributed by atoms with Crippen molar-refractivity contribution in [3.63, 3.8) is 0 Å². The SMILES string of the molecule is O=C(Nc1ccc(SCc2cccnc2)cc1)C1CNC1. The third-order valence-electron chi connectivity index (χ3n) is 3.40. The molecule has 2 heterocycles. The van der Waals surface area contributed by atoms with E-state index in [1.165, 1.54) is 10.5 Å². The van der Waals surface area contributed by atoms with E-state index in [2.05, 4.69) is 21.7 Å². The average molecular weight is 299 g/mol. The van der Waals surface area contributed by atoms with Crippen molar-refractivity contribution < 1.29 is 4.79 Å². The van der Waals surface area contributed by atoms with Crippen LogP contribution in [-0.4, -0.2) is 24.0 Å². The highest BCUT2D eigenvalue weighted by molar-refractivity contribution is 7.98. The molecule has 0 radical (unpaired) electrons. The molecule has 108 valence electrons. The van der Waals surface area contributed by atoms with Gasteiger partial charge in [0.2, 0.25) is 5.91 Å². The molecule has 21 heavy (non-hydrogen) atoms. The first-order valence-electron chi connectivity index (χ1n) is 6.94. The minimum absolute atomic E-state index is 0.101. The molecule has 1 aromatic heterocycles. The highest BCUT2D eigenvalue weighted by Crippen LogP contribution is 2.24. The van der Waals surface area contributed by atoms with Crippen LogP contribution in [0.1, 0.15) is 5.56 Å². The third kappa shape index (κ3) is 3.83. The van der Waals surface area contributed by atoms with Crippen LogP contribution in [-0.2, 0) is 10.5 Å². The van der Waals surface area contributed by atoms with Crippen molar-refractivity contribution in [2.75, 3.05) is 18.4 Å². The van der Waals surface area contributed by atoms with E-state index in [0.29, 0.717) is 0 Å². The minimum atomic E-state index is 0.101. The minimum Gasteiger partial charge on any atom is -0.326 e. The van der Waals surface area contributed by atoms with Gasteiger partial charge in [0.25, 0.3) is 0 Å². The van der Waals surface area contributed by atoms with Crippen LogP contribution in [0.25, 0.3) is 0 Å².